The summed E-state index contributed by atoms with van der Waals surface area (Å²) in [6.07, 6.45) is 0.994. The van der Waals surface area contributed by atoms with E-state index in [2.05, 4.69) is 0 Å². The number of aliphatic hydroxyl groups is 2. The number of rotatable bonds is 8. The van der Waals surface area contributed by atoms with Gasteiger partial charge in [-0.15, -0.1) is 0 Å². The van der Waals surface area contributed by atoms with Gasteiger partial charge in [0.2, 0.25) is 0 Å². The highest BCUT2D eigenvalue weighted by Gasteiger charge is 2.49. The van der Waals surface area contributed by atoms with Crippen LogP contribution < -0.4 is 0 Å². The van der Waals surface area contributed by atoms with E-state index in [0.29, 0.717) is 25.7 Å². The first kappa shape index (κ1) is 14.6. The van der Waals surface area contributed by atoms with Gasteiger partial charge in [-0.1, -0.05) is 0 Å². The lowest BCUT2D eigenvalue weighted by molar-refractivity contribution is -0.415. The largest absolute Gasteiger partial charge is 0.396 e. The summed E-state index contributed by atoms with van der Waals surface area (Å²) in [6, 6.07) is 0. The van der Waals surface area contributed by atoms with Crippen molar-refractivity contribution in [3.63, 3.8) is 0 Å². The van der Waals surface area contributed by atoms with Crippen LogP contribution in [0.3, 0.4) is 0 Å². The number of hydrogen-bond acceptors (Lipinski definition) is 7. The molecule has 3 aliphatic heterocycles. The maximum Gasteiger partial charge on any atom is 0.189 e. The monoisotopic (exact) mass is 290 g/mol. The van der Waals surface area contributed by atoms with Gasteiger partial charge in [0, 0.05) is 19.4 Å². The predicted molar refractivity (Wildman–Crippen MR) is 65.7 cm³/mol. The van der Waals surface area contributed by atoms with E-state index in [-0.39, 0.29) is 25.6 Å². The van der Waals surface area contributed by atoms with E-state index in [9.17, 15) is 5.11 Å². The quantitative estimate of drug-likeness (QED) is 0.595. The fraction of sp³-hybridized carbons (Fsp3) is 1.00. The molecule has 0 aromatic heterocycles. The highest BCUT2D eigenvalue weighted by atomic mass is 16.9. The van der Waals surface area contributed by atoms with Crippen molar-refractivity contribution < 1.29 is 33.9 Å². The van der Waals surface area contributed by atoms with Gasteiger partial charge < -0.3 is 33.9 Å². The van der Waals surface area contributed by atoms with E-state index in [4.69, 9.17) is 28.8 Å². The lowest BCUT2D eigenvalue weighted by Crippen LogP contribution is -2.51. The zero-order chi connectivity index (χ0) is 14.0. The second-order valence-electron chi connectivity index (χ2n) is 5.58. The zero-order valence-electron chi connectivity index (χ0n) is 11.4. The van der Waals surface area contributed by atoms with E-state index >= 15 is 0 Å². The molecule has 3 aliphatic rings. The van der Waals surface area contributed by atoms with Crippen LogP contribution in [0.4, 0.5) is 0 Å². The summed E-state index contributed by atoms with van der Waals surface area (Å²) in [5, 5.41) is 18.9. The normalized spacial score (nSPS) is 41.4. The first-order valence-corrected chi connectivity index (χ1v) is 7.16. The van der Waals surface area contributed by atoms with Gasteiger partial charge in [-0.3, -0.25) is 0 Å². The summed E-state index contributed by atoms with van der Waals surface area (Å²) in [4.78, 5) is 0. The molecular weight excluding hydrogens is 268 g/mol. The van der Waals surface area contributed by atoms with Crippen LogP contribution >= 0.6 is 0 Å². The molecule has 2 N–H and O–H groups in total. The van der Waals surface area contributed by atoms with Gasteiger partial charge in [0.25, 0.3) is 0 Å². The van der Waals surface area contributed by atoms with Crippen molar-refractivity contribution in [2.45, 2.75) is 56.1 Å². The van der Waals surface area contributed by atoms with Gasteiger partial charge in [-0.2, -0.15) is 0 Å². The Labute approximate surface area is 117 Å². The molecule has 4 atom stereocenters. The predicted octanol–water partition coefficient (Wildman–Crippen LogP) is -0.259. The van der Waals surface area contributed by atoms with Crippen molar-refractivity contribution in [3.8, 4) is 0 Å². The van der Waals surface area contributed by atoms with Gasteiger partial charge in [0.05, 0.1) is 25.4 Å². The fourth-order valence-electron chi connectivity index (χ4n) is 2.48. The highest BCUT2D eigenvalue weighted by Crippen LogP contribution is 2.38. The van der Waals surface area contributed by atoms with Crippen molar-refractivity contribution in [1.29, 1.82) is 0 Å². The first-order valence-electron chi connectivity index (χ1n) is 7.16. The average Bonchev–Trinajstić information content (AvgIpc) is 3.34. The molecule has 0 aromatic carbocycles. The zero-order valence-corrected chi connectivity index (χ0v) is 11.4. The number of ether oxygens (including phenoxy) is 5. The third-order valence-electron chi connectivity index (χ3n) is 3.74. The van der Waals surface area contributed by atoms with Gasteiger partial charge in [-0.05, 0) is 12.8 Å². The van der Waals surface area contributed by atoms with E-state index in [1.165, 1.54) is 0 Å². The lowest BCUT2D eigenvalue weighted by atomic mass is 10.0. The Morgan fingerprint density at radius 1 is 1.10 bits per heavy atom. The Morgan fingerprint density at radius 2 is 1.75 bits per heavy atom. The maximum absolute atomic E-state index is 10.1. The van der Waals surface area contributed by atoms with Crippen LogP contribution in [0.1, 0.15) is 25.7 Å². The molecule has 7 nitrogen and oxygen atoms in total. The van der Waals surface area contributed by atoms with E-state index in [1.807, 2.05) is 0 Å². The third-order valence-corrected chi connectivity index (χ3v) is 3.74. The number of aliphatic hydroxyl groups excluding tert-OH is 2. The first-order chi connectivity index (χ1) is 9.71. The summed E-state index contributed by atoms with van der Waals surface area (Å²) in [5.41, 5.74) is 0. The number of epoxide rings is 2. The van der Waals surface area contributed by atoms with Crippen molar-refractivity contribution in [2.75, 3.05) is 26.6 Å². The molecule has 7 heteroatoms. The standard InChI is InChI=1S/C13H22O7/c14-3-1-2-11(15)12-18-8-19-13(20-12,4-9-6-16-9)5-10-7-17-10/h9-12,14-15H,1-8H2. The smallest absolute Gasteiger partial charge is 0.189 e. The summed E-state index contributed by atoms with van der Waals surface area (Å²) in [7, 11) is 0. The Kier molecular flexibility index (Phi) is 4.56. The maximum atomic E-state index is 10.1. The van der Waals surface area contributed by atoms with Gasteiger partial charge in [0.1, 0.15) is 6.10 Å². The van der Waals surface area contributed by atoms with E-state index in [1.54, 1.807) is 0 Å². The van der Waals surface area contributed by atoms with Crippen molar-refractivity contribution in [1.82, 2.24) is 0 Å². The highest BCUT2D eigenvalue weighted by molar-refractivity contribution is 4.88. The second-order valence-corrected chi connectivity index (χ2v) is 5.58. The summed E-state index contributed by atoms with van der Waals surface area (Å²) in [6.45, 7) is 1.56. The molecule has 0 bridgehead atoms. The second kappa shape index (κ2) is 6.23. The van der Waals surface area contributed by atoms with Gasteiger partial charge >= 0.3 is 0 Å². The van der Waals surface area contributed by atoms with Gasteiger partial charge in [-0.25, -0.2) is 0 Å². The van der Waals surface area contributed by atoms with Crippen LogP contribution in [0.15, 0.2) is 0 Å². The molecule has 3 saturated heterocycles. The molecule has 0 aliphatic carbocycles. The SMILES string of the molecule is OCCCC(O)C1OCOC(CC2CO2)(CC2CO2)O1. The van der Waals surface area contributed by atoms with Crippen molar-refractivity contribution >= 4 is 0 Å². The molecule has 0 amide bonds. The molecule has 3 rings (SSSR count). The Bertz CT molecular complexity index is 302. The van der Waals surface area contributed by atoms with Crippen molar-refractivity contribution in [3.05, 3.63) is 0 Å². The fourth-order valence-corrected chi connectivity index (χ4v) is 2.48. The van der Waals surface area contributed by atoms with Crippen LogP contribution in [-0.4, -0.2) is 67.2 Å². The molecule has 0 spiro atoms. The minimum atomic E-state index is -0.800. The molecule has 0 radical (unpaired) electrons. The third kappa shape index (κ3) is 3.88. The van der Waals surface area contributed by atoms with Crippen LogP contribution in [0, 0.1) is 0 Å². The van der Waals surface area contributed by atoms with E-state index < -0.39 is 18.2 Å². The Balaban J connectivity index is 1.59. The topological polar surface area (TPSA) is 93.2 Å². The van der Waals surface area contributed by atoms with Crippen LogP contribution in [0.5, 0.6) is 0 Å². The molecular formula is C13H22O7. The molecule has 3 heterocycles. The summed E-state index contributed by atoms with van der Waals surface area (Å²) >= 11 is 0. The van der Waals surface area contributed by atoms with Crippen LogP contribution in [-0.2, 0) is 23.7 Å². The van der Waals surface area contributed by atoms with Crippen molar-refractivity contribution in [2.24, 2.45) is 0 Å². The Hall–Kier alpha value is -0.280. The summed E-state index contributed by atoms with van der Waals surface area (Å²) in [5.74, 6) is -0.800. The number of hydrogen-bond donors (Lipinski definition) is 2. The van der Waals surface area contributed by atoms with Crippen LogP contribution in [0.25, 0.3) is 0 Å². The minimum Gasteiger partial charge on any atom is -0.396 e. The lowest BCUT2D eigenvalue weighted by Gasteiger charge is -2.41. The van der Waals surface area contributed by atoms with E-state index in [0.717, 1.165) is 13.2 Å². The van der Waals surface area contributed by atoms with Gasteiger partial charge in [0.15, 0.2) is 18.9 Å². The molecule has 0 aromatic rings. The average molecular weight is 290 g/mol. The molecule has 0 saturated carbocycles. The molecule has 116 valence electrons. The molecule has 4 unspecified atom stereocenters. The van der Waals surface area contributed by atoms with Crippen LogP contribution in [0.2, 0.25) is 0 Å². The molecule has 3 fully saturated rings. The minimum absolute atomic E-state index is 0.0389. The molecule has 20 heavy (non-hydrogen) atoms. The summed E-state index contributed by atoms with van der Waals surface area (Å²) < 4.78 is 27.4. The Morgan fingerprint density at radius 3 is 2.30 bits per heavy atom.